The van der Waals surface area contributed by atoms with Gasteiger partial charge in [-0.1, -0.05) is 250 Å². The number of likely N-dealkylation sites (N-methyl/N-ethyl adjacent to an activating group) is 1. The number of hydrogen-bond acceptors (Lipinski definition) is 24. The van der Waals surface area contributed by atoms with E-state index in [0.29, 0.717) is 85.6 Å². The summed E-state index contributed by atoms with van der Waals surface area (Å²) in [6.45, 7) is 4.45. The number of halogens is 17. The number of nitrogen functional groups attached to an aromatic ring is 2. The molecule has 133 heavy (non-hydrogen) atoms. The van der Waals surface area contributed by atoms with Gasteiger partial charge in [-0.15, -0.1) is 11.8 Å². The fraction of sp³-hybridized carbons (Fsp3) is 0.153. The number of aromatic nitrogens is 6. The third-order valence-electron chi connectivity index (χ3n) is 17.8. The fourth-order valence-electron chi connectivity index (χ4n) is 11.3. The van der Waals surface area contributed by atoms with Crippen molar-refractivity contribution < 1.29 is 66.0 Å². The molecule has 1 saturated heterocycles. The molecule has 29 nitrogen and oxygen atoms in total. The van der Waals surface area contributed by atoms with Gasteiger partial charge in [0.25, 0.3) is 23.6 Å². The number of nitrogens with two attached hydrogens (primary N) is 2. The van der Waals surface area contributed by atoms with Crippen molar-refractivity contribution in [2.75, 3.05) is 119 Å². The molecule has 0 atom stereocenters. The van der Waals surface area contributed by atoms with E-state index in [4.69, 9.17) is 210 Å². The number of H-pyrrole nitrogens is 1. The van der Waals surface area contributed by atoms with Crippen LogP contribution in [0.4, 0.5) is 39.8 Å². The molecule has 4 amide bonds. The van der Waals surface area contributed by atoms with Crippen LogP contribution in [0.2, 0.25) is 75.9 Å². The standard InChI is InChI=1S/C14H10Cl2N2O4S.C14H10Cl2N2O2S.C13H7Cl3N2O2.C12H7Cl3N2O2.C11H17N3.C7H5Cl2NO2.C7H6ClNO3.C6H5Cl2N.CH2I2/c1-23(20,21)12-5-11-8(6-17-12)14(19)18(7-22-11)13-9(15)3-2-4-10(13)16;1-21-12-5-11-8(6-17-12)14(19)18(7-20-11)13-9(15)3-2-4-10(13)16;14-8-2-1-3-9(15)12(8)18-6-20-10-4-11(16)17-5-7(10)13(18)19;13-7-2-1-3-8(14)11(7)17-12(19)6-5-16-10(15)4-9(6)18;1-13-6-8-14(9-7-13)11-4-2-10(12)3-5-11;1-12-7(11)4-3-10-6(9)2-5(4)8;1-12-5-2-6(8)9-3-4(5)7(10)11;7-4-2-1-3-5(8)6(4)9;2-1-3/h2-6H,7H2,1H3;2-6H,7H2,1H3;1-5H,6H2;1-5H,(H,16,18)(H,17,19);2-5H,6-9,12H2,1H3;2-3H,1H3;2-3H,1H3,(H,10,11);1-3H,9H2;1H2. The molecule has 1 fully saturated rings. The second-order valence-electron chi connectivity index (χ2n) is 26.5. The number of aromatic carboxylic acids is 1. The Morgan fingerprint density at radius 3 is 1.32 bits per heavy atom. The minimum Gasteiger partial charge on any atom is -0.496 e. The molecule has 0 aliphatic carbocycles. The fourth-order valence-corrected chi connectivity index (χ4v) is 15.8. The highest BCUT2D eigenvalue weighted by Crippen LogP contribution is 2.42. The Bertz CT molecular complexity index is 6320. The van der Waals surface area contributed by atoms with Crippen LogP contribution in [0.1, 0.15) is 62.1 Å². The van der Waals surface area contributed by atoms with Crippen molar-refractivity contribution in [1.82, 2.24) is 34.8 Å². The van der Waals surface area contributed by atoms with Crippen LogP contribution in [0.5, 0.6) is 23.0 Å². The number of carboxylic acid groups (broad SMARTS) is 1. The molecule has 16 rings (SSSR count). The van der Waals surface area contributed by atoms with Gasteiger partial charge in [0.1, 0.15) is 71.4 Å². The highest BCUT2D eigenvalue weighted by molar-refractivity contribution is 14.2. The van der Waals surface area contributed by atoms with E-state index in [0.717, 1.165) is 55.4 Å². The van der Waals surface area contributed by atoms with Crippen LogP contribution in [-0.4, -0.2) is 166 Å². The average molecular weight is 2380 g/mol. The predicted molar refractivity (Wildman–Crippen MR) is 548 cm³/mol. The van der Waals surface area contributed by atoms with E-state index in [9.17, 15) is 42.0 Å². The zero-order valence-corrected chi connectivity index (χ0v) is 86.4. The molecular weight excluding hydrogens is 2310 g/mol. The molecule has 0 bridgehead atoms. The summed E-state index contributed by atoms with van der Waals surface area (Å²) in [5.74, 6) is -1.88. The number of alkyl halides is 2. The second-order valence-corrected chi connectivity index (χ2v) is 39.7. The molecule has 6 aromatic heterocycles. The number of nitrogens with zero attached hydrogens (tertiary/aromatic N) is 10. The van der Waals surface area contributed by atoms with Crippen molar-refractivity contribution in [2.45, 2.75) is 10.1 Å². The Balaban J connectivity index is 0.000000189. The van der Waals surface area contributed by atoms with E-state index in [2.05, 4.69) is 114 Å². The summed E-state index contributed by atoms with van der Waals surface area (Å²) in [5, 5.41) is 16.6. The maximum absolute atomic E-state index is 12.6. The molecule has 0 saturated carbocycles. The number of carbonyl (C=O) groups is 6. The Hall–Kier alpha value is -8.49. The average Bonchev–Trinajstić information content (AvgIpc) is 0.771. The highest BCUT2D eigenvalue weighted by atomic mass is 127. The summed E-state index contributed by atoms with van der Waals surface area (Å²) in [6.07, 6.45) is 10.7. The number of thioether (sulfide) groups is 1. The maximum Gasteiger partial charge on any atom is 0.341 e. The number of piperazine rings is 1. The van der Waals surface area contributed by atoms with Crippen molar-refractivity contribution >= 4 is 316 Å². The SMILES string of the molecule is CN1CCN(c2ccc(N)cc2)CC1.COC(=O)c1cnc(Cl)cc1Cl.COc1cc(Cl)ncc1C(=O)O.CS(=O)(=O)c1cc2c(cn1)C(=O)N(c1c(Cl)cccc1Cl)CO2.CSc1cc2c(cn1)C(=O)N(c1c(Cl)cccc1Cl)CO2.ICI.Nc1c(Cl)cccc1Cl.O=C(Nc1c(Cl)cccc1Cl)c1c[nH]c(Cl)cc1=O.O=C1c2cnc(Cl)cc2OCN1c1c(Cl)cccc1Cl. The van der Waals surface area contributed by atoms with E-state index in [1.165, 1.54) is 104 Å². The molecule has 700 valence electrons. The highest BCUT2D eigenvalue weighted by Gasteiger charge is 2.34. The first-order valence-corrected chi connectivity index (χ1v) is 49.1. The summed E-state index contributed by atoms with van der Waals surface area (Å²) in [4.78, 5) is 113. The Morgan fingerprint density at radius 2 is 0.910 bits per heavy atom. The van der Waals surface area contributed by atoms with Gasteiger partial charge in [-0.05, 0) is 104 Å². The number of pyridine rings is 6. The summed E-state index contributed by atoms with van der Waals surface area (Å²) >= 11 is 93.9. The van der Waals surface area contributed by atoms with Gasteiger partial charge in [0.15, 0.2) is 40.5 Å². The van der Waals surface area contributed by atoms with Crippen LogP contribution < -0.4 is 60.8 Å². The Morgan fingerprint density at radius 1 is 0.511 bits per heavy atom. The predicted octanol–water partition coefficient (Wildman–Crippen LogP) is 23.5. The van der Waals surface area contributed by atoms with Gasteiger partial charge >= 0.3 is 11.9 Å². The zero-order valence-electron chi connectivity index (χ0n) is 69.1. The number of anilines is 7. The first-order chi connectivity index (χ1) is 63.1. The number of esters is 1. The van der Waals surface area contributed by atoms with Gasteiger partial charge in [-0.2, -0.15) is 0 Å². The number of aromatic amines is 1. The molecule has 0 unspecified atom stereocenters. The molecule has 7 N–H and O–H groups in total. The number of benzene rings is 6. The van der Waals surface area contributed by atoms with Crippen molar-refractivity contribution in [1.29, 1.82) is 0 Å². The molecule has 4 aliphatic rings. The number of hydrogen-bond donors (Lipinski definition) is 5. The number of nitrogens with one attached hydrogen (secondary N) is 2. The molecule has 0 spiro atoms. The van der Waals surface area contributed by atoms with E-state index in [1.807, 2.05) is 18.4 Å². The lowest BCUT2D eigenvalue weighted by Crippen LogP contribution is -2.44. The minimum atomic E-state index is -3.49. The summed E-state index contributed by atoms with van der Waals surface area (Å²) in [7, 11) is 1.32. The van der Waals surface area contributed by atoms with Gasteiger partial charge in [-0.25, -0.2) is 42.9 Å². The van der Waals surface area contributed by atoms with Crippen LogP contribution in [0.15, 0.2) is 204 Å². The van der Waals surface area contributed by atoms with Crippen molar-refractivity contribution in [3.8, 4) is 23.0 Å². The van der Waals surface area contributed by atoms with E-state index >= 15 is 0 Å². The van der Waals surface area contributed by atoms with E-state index in [-0.39, 0.29) is 112 Å². The summed E-state index contributed by atoms with van der Waals surface area (Å²) in [5.41, 5.74) is 15.6. The summed E-state index contributed by atoms with van der Waals surface area (Å²) < 4.78 is 50.1. The lowest BCUT2D eigenvalue weighted by molar-refractivity contribution is 0.0598. The third-order valence-corrected chi connectivity index (χ3v) is 23.7. The number of rotatable bonds is 11. The van der Waals surface area contributed by atoms with E-state index in [1.54, 1.807) is 97.1 Å². The number of para-hydroxylation sites is 5. The first kappa shape index (κ1) is 110. The molecule has 12 aromatic rings. The number of fused-ring (bicyclic) bond motifs is 3. The summed E-state index contributed by atoms with van der Waals surface area (Å²) in [6, 6.07) is 41.4. The van der Waals surface area contributed by atoms with Gasteiger partial charge < -0.3 is 60.4 Å². The van der Waals surface area contributed by atoms with Crippen LogP contribution in [-0.2, 0) is 14.6 Å². The molecule has 48 heteroatoms. The van der Waals surface area contributed by atoms with Crippen LogP contribution in [0.25, 0.3) is 0 Å². The van der Waals surface area contributed by atoms with Gasteiger partial charge in [-0.3, -0.25) is 38.7 Å². The molecule has 4 aliphatic heterocycles. The quantitative estimate of drug-likeness (QED) is 0.0200. The molecule has 10 heterocycles. The number of sulfone groups is 1. The number of amides is 4. The van der Waals surface area contributed by atoms with Crippen LogP contribution in [0.3, 0.4) is 0 Å². The minimum absolute atomic E-state index is 0.00176. The first-order valence-electron chi connectivity index (χ1n) is 37.3. The van der Waals surface area contributed by atoms with Crippen LogP contribution in [0, 0.1) is 0 Å². The smallest absolute Gasteiger partial charge is 0.341 e. The van der Waals surface area contributed by atoms with Gasteiger partial charge in [0.2, 0.25) is 0 Å². The topological polar surface area (TPSA) is 381 Å². The molecule has 0 radical (unpaired) electrons. The molecular formula is C85H69Cl15I2N14O15S2. The monoisotopic (exact) mass is 2370 g/mol. The van der Waals surface area contributed by atoms with Gasteiger partial charge in [0, 0.05) is 111 Å². The van der Waals surface area contributed by atoms with E-state index < -0.39 is 39.0 Å². The largest absolute Gasteiger partial charge is 0.496 e. The van der Waals surface area contributed by atoms with Crippen molar-refractivity contribution in [3.63, 3.8) is 0 Å². The lowest BCUT2D eigenvalue weighted by atomic mass is 10.2. The maximum atomic E-state index is 12.6. The number of carboxylic acids is 1. The lowest BCUT2D eigenvalue weighted by Gasteiger charge is -2.34. The molecule has 6 aromatic carbocycles. The normalized spacial score (nSPS) is 12.7. The zero-order chi connectivity index (χ0) is 97.8. The van der Waals surface area contributed by atoms with Gasteiger partial charge in [0.05, 0.1) is 111 Å². The Kier molecular flexibility index (Phi) is 43.5. The van der Waals surface area contributed by atoms with Crippen molar-refractivity contribution in [3.05, 3.63) is 308 Å². The number of ether oxygens (including phenoxy) is 5. The van der Waals surface area contributed by atoms with Crippen LogP contribution >= 0.6 is 231 Å². The third kappa shape index (κ3) is 31.0. The van der Waals surface area contributed by atoms with Crippen molar-refractivity contribution in [2.24, 2.45) is 0 Å². The second kappa shape index (κ2) is 52.7. The number of carbonyl (C=O) groups excluding carboxylic acids is 5. The number of methoxy groups -OCH3 is 2. The Labute approximate surface area is 868 Å².